The third-order valence-electron chi connectivity index (χ3n) is 5.32. The molecule has 0 spiro atoms. The van der Waals surface area contributed by atoms with Gasteiger partial charge in [-0.3, -0.25) is 9.89 Å². The molecule has 1 aromatic heterocycles. The van der Waals surface area contributed by atoms with Crippen LogP contribution in [0.4, 0.5) is 0 Å². The minimum Gasteiger partial charge on any atom is -0.379 e. The Hall–Kier alpha value is -1.39. The van der Waals surface area contributed by atoms with Crippen LogP contribution in [0.2, 0.25) is 0 Å². The van der Waals surface area contributed by atoms with Gasteiger partial charge in [0, 0.05) is 52.2 Å². The molecule has 148 valence electrons. The predicted molar refractivity (Wildman–Crippen MR) is 119 cm³/mol. The summed E-state index contributed by atoms with van der Waals surface area (Å²) >= 11 is 0. The summed E-state index contributed by atoms with van der Waals surface area (Å²) in [5.41, 5.74) is 2.12. The second-order valence-electron chi connectivity index (χ2n) is 6.96. The van der Waals surface area contributed by atoms with Crippen molar-refractivity contribution >= 4 is 41.0 Å². The van der Waals surface area contributed by atoms with E-state index in [4.69, 9.17) is 4.74 Å². The normalized spacial score (nSPS) is 21.4. The highest BCUT2D eigenvalue weighted by molar-refractivity contribution is 14.0. The lowest BCUT2D eigenvalue weighted by Gasteiger charge is -2.32. The van der Waals surface area contributed by atoms with Gasteiger partial charge in [-0.1, -0.05) is 12.1 Å². The van der Waals surface area contributed by atoms with Crippen molar-refractivity contribution in [3.05, 3.63) is 30.1 Å². The number of halogens is 1. The van der Waals surface area contributed by atoms with E-state index < -0.39 is 0 Å². The number of para-hydroxylation sites is 2. The number of fused-ring (bicyclic) bond motifs is 1. The summed E-state index contributed by atoms with van der Waals surface area (Å²) in [5.74, 6) is 2.01. The fourth-order valence-electron chi connectivity index (χ4n) is 3.92. The number of hydrogen-bond donors (Lipinski definition) is 2. The molecule has 7 nitrogen and oxygen atoms in total. The van der Waals surface area contributed by atoms with Crippen molar-refractivity contribution in [2.75, 3.05) is 53.0 Å². The first kappa shape index (κ1) is 20.3. The van der Waals surface area contributed by atoms with Crippen LogP contribution in [0, 0.1) is 0 Å². The van der Waals surface area contributed by atoms with Gasteiger partial charge in [0.05, 0.1) is 24.2 Å². The summed E-state index contributed by atoms with van der Waals surface area (Å²) in [6.45, 7) is 6.76. The number of aromatic amines is 1. The molecule has 2 saturated heterocycles. The van der Waals surface area contributed by atoms with Crippen LogP contribution in [0.15, 0.2) is 29.3 Å². The predicted octanol–water partition coefficient (Wildman–Crippen LogP) is 1.71. The molecule has 0 radical (unpaired) electrons. The van der Waals surface area contributed by atoms with E-state index in [1.54, 1.807) is 0 Å². The van der Waals surface area contributed by atoms with Crippen molar-refractivity contribution in [2.24, 2.45) is 4.99 Å². The molecule has 2 aliphatic heterocycles. The van der Waals surface area contributed by atoms with Gasteiger partial charge >= 0.3 is 0 Å². The zero-order valence-corrected chi connectivity index (χ0v) is 18.2. The summed E-state index contributed by atoms with van der Waals surface area (Å²) in [6.07, 6.45) is 2.05. The van der Waals surface area contributed by atoms with E-state index in [-0.39, 0.29) is 24.0 Å². The Balaban J connectivity index is 0.00000210. The maximum absolute atomic E-state index is 5.47. The van der Waals surface area contributed by atoms with E-state index in [2.05, 4.69) is 36.1 Å². The van der Waals surface area contributed by atoms with E-state index in [1.807, 2.05) is 25.2 Å². The zero-order valence-electron chi connectivity index (χ0n) is 15.9. The fourth-order valence-corrected chi connectivity index (χ4v) is 3.92. The highest BCUT2D eigenvalue weighted by Crippen LogP contribution is 2.17. The SMILES string of the molecule is CN=C(NCCc1nc2ccccc2[nH]1)N1CCC(N2CCOCC2)C1.I. The standard InChI is InChI=1S/C19H28N6O.HI/c1-20-19(25-9-7-15(14-25)24-10-12-26-13-11-24)21-8-6-18-22-16-4-2-3-5-17(16)23-18;/h2-5,15H,6-14H2,1H3,(H,20,21)(H,22,23);1H. The van der Waals surface area contributed by atoms with Crippen molar-refractivity contribution in [1.82, 2.24) is 25.1 Å². The number of hydrogen-bond acceptors (Lipinski definition) is 4. The van der Waals surface area contributed by atoms with Gasteiger partial charge in [0.2, 0.25) is 0 Å². The number of H-pyrrole nitrogens is 1. The number of guanidine groups is 1. The minimum absolute atomic E-state index is 0. The quantitative estimate of drug-likeness (QED) is 0.393. The number of aliphatic imine (C=N–C) groups is 1. The molecule has 2 aliphatic rings. The molecule has 2 aromatic rings. The summed E-state index contributed by atoms with van der Waals surface area (Å²) in [7, 11) is 1.87. The van der Waals surface area contributed by atoms with Gasteiger partial charge in [-0.15, -0.1) is 24.0 Å². The third-order valence-corrected chi connectivity index (χ3v) is 5.32. The van der Waals surface area contributed by atoms with Crippen LogP contribution in [-0.4, -0.2) is 84.8 Å². The largest absolute Gasteiger partial charge is 0.379 e. The zero-order chi connectivity index (χ0) is 17.8. The molecule has 2 N–H and O–H groups in total. The molecule has 0 aliphatic carbocycles. The van der Waals surface area contributed by atoms with E-state index in [1.165, 1.54) is 6.42 Å². The maximum atomic E-state index is 5.47. The molecule has 4 rings (SSSR count). The van der Waals surface area contributed by atoms with Gasteiger partial charge in [0.15, 0.2) is 5.96 Å². The molecular weight excluding hydrogens is 455 g/mol. The first-order chi connectivity index (χ1) is 12.8. The first-order valence-corrected chi connectivity index (χ1v) is 9.54. The minimum atomic E-state index is 0. The van der Waals surface area contributed by atoms with E-state index >= 15 is 0 Å². The van der Waals surface area contributed by atoms with Crippen molar-refractivity contribution in [3.8, 4) is 0 Å². The number of benzene rings is 1. The number of rotatable bonds is 4. The van der Waals surface area contributed by atoms with Crippen LogP contribution >= 0.6 is 24.0 Å². The number of nitrogens with one attached hydrogen (secondary N) is 2. The molecule has 0 amide bonds. The van der Waals surface area contributed by atoms with Crippen LogP contribution in [0.3, 0.4) is 0 Å². The van der Waals surface area contributed by atoms with Crippen molar-refractivity contribution in [1.29, 1.82) is 0 Å². The Labute approximate surface area is 177 Å². The molecular formula is C19H29IN6O. The molecule has 2 fully saturated rings. The van der Waals surface area contributed by atoms with Crippen molar-refractivity contribution < 1.29 is 4.74 Å². The van der Waals surface area contributed by atoms with Crippen molar-refractivity contribution in [2.45, 2.75) is 18.9 Å². The Kier molecular flexibility index (Phi) is 7.31. The molecule has 27 heavy (non-hydrogen) atoms. The van der Waals surface area contributed by atoms with Crippen LogP contribution in [-0.2, 0) is 11.2 Å². The second kappa shape index (κ2) is 9.70. The Morgan fingerprint density at radius 3 is 2.89 bits per heavy atom. The lowest BCUT2D eigenvalue weighted by atomic mass is 10.2. The Morgan fingerprint density at radius 2 is 2.11 bits per heavy atom. The summed E-state index contributed by atoms with van der Waals surface area (Å²) in [6, 6.07) is 8.77. The summed E-state index contributed by atoms with van der Waals surface area (Å²) in [5, 5.41) is 3.50. The van der Waals surface area contributed by atoms with Gasteiger partial charge < -0.3 is 19.9 Å². The van der Waals surface area contributed by atoms with Gasteiger partial charge in [-0.2, -0.15) is 0 Å². The summed E-state index contributed by atoms with van der Waals surface area (Å²) < 4.78 is 5.47. The Morgan fingerprint density at radius 1 is 1.30 bits per heavy atom. The smallest absolute Gasteiger partial charge is 0.193 e. The van der Waals surface area contributed by atoms with Crippen LogP contribution in [0.1, 0.15) is 12.2 Å². The number of morpholine rings is 1. The number of ether oxygens (including phenoxy) is 1. The van der Waals surface area contributed by atoms with E-state index in [0.717, 1.165) is 75.2 Å². The average Bonchev–Trinajstić information content (AvgIpc) is 3.33. The molecule has 1 atom stereocenters. The highest BCUT2D eigenvalue weighted by Gasteiger charge is 2.30. The molecule has 1 aromatic carbocycles. The number of nitrogens with zero attached hydrogens (tertiary/aromatic N) is 4. The molecule has 1 unspecified atom stereocenters. The molecule has 0 bridgehead atoms. The lowest BCUT2D eigenvalue weighted by Crippen LogP contribution is -2.46. The van der Waals surface area contributed by atoms with Gasteiger partial charge in [0.25, 0.3) is 0 Å². The van der Waals surface area contributed by atoms with Gasteiger partial charge in [-0.05, 0) is 18.6 Å². The average molecular weight is 484 g/mol. The van der Waals surface area contributed by atoms with Crippen LogP contribution in [0.5, 0.6) is 0 Å². The second-order valence-corrected chi connectivity index (χ2v) is 6.96. The number of imidazole rings is 1. The topological polar surface area (TPSA) is 68.8 Å². The number of aromatic nitrogens is 2. The maximum Gasteiger partial charge on any atom is 0.193 e. The molecule has 0 saturated carbocycles. The fraction of sp³-hybridized carbons (Fsp3) is 0.579. The molecule has 8 heteroatoms. The third kappa shape index (κ3) is 4.91. The van der Waals surface area contributed by atoms with Gasteiger partial charge in [-0.25, -0.2) is 4.98 Å². The lowest BCUT2D eigenvalue weighted by molar-refractivity contribution is 0.0195. The van der Waals surface area contributed by atoms with Crippen LogP contribution < -0.4 is 5.32 Å². The first-order valence-electron chi connectivity index (χ1n) is 9.54. The molecule has 3 heterocycles. The summed E-state index contributed by atoms with van der Waals surface area (Å²) in [4.78, 5) is 17.4. The highest BCUT2D eigenvalue weighted by atomic mass is 127. The van der Waals surface area contributed by atoms with E-state index in [9.17, 15) is 0 Å². The number of likely N-dealkylation sites (tertiary alicyclic amines) is 1. The van der Waals surface area contributed by atoms with E-state index in [0.29, 0.717) is 6.04 Å². The monoisotopic (exact) mass is 484 g/mol. The van der Waals surface area contributed by atoms with Crippen molar-refractivity contribution in [3.63, 3.8) is 0 Å². The Bertz CT molecular complexity index is 724. The van der Waals surface area contributed by atoms with Crippen LogP contribution in [0.25, 0.3) is 11.0 Å². The van der Waals surface area contributed by atoms with Gasteiger partial charge in [0.1, 0.15) is 5.82 Å².